The van der Waals surface area contributed by atoms with E-state index < -0.39 is 0 Å². The van der Waals surface area contributed by atoms with Gasteiger partial charge in [-0.1, -0.05) is 15.9 Å². The Kier molecular flexibility index (Phi) is 6.29. The Labute approximate surface area is 127 Å². The summed E-state index contributed by atoms with van der Waals surface area (Å²) in [5, 5.41) is 4.46. The van der Waals surface area contributed by atoms with Crippen molar-refractivity contribution < 1.29 is 9.47 Å². The molecule has 1 N–H and O–H groups in total. The zero-order chi connectivity index (χ0) is 12.3. The van der Waals surface area contributed by atoms with Crippen molar-refractivity contribution >= 4 is 38.6 Å². The van der Waals surface area contributed by atoms with Crippen molar-refractivity contribution in [3.05, 3.63) is 17.7 Å². The Morgan fingerprint density at radius 3 is 2.56 bits per heavy atom. The number of hydrogen-bond donors (Lipinski definition) is 1. The fraction of sp³-hybridized carbons (Fsp3) is 0.538. The lowest BCUT2D eigenvalue weighted by Gasteiger charge is -2.27. The molecule has 1 aromatic rings. The first-order valence-electron chi connectivity index (χ1n) is 5.86. The molecule has 1 heterocycles. The van der Waals surface area contributed by atoms with E-state index in [0.717, 1.165) is 29.8 Å². The van der Waals surface area contributed by atoms with Gasteiger partial charge in [-0.15, -0.1) is 17.0 Å². The maximum Gasteiger partial charge on any atom is 0.162 e. The van der Waals surface area contributed by atoms with Gasteiger partial charge >= 0.3 is 0 Å². The third-order valence-corrected chi connectivity index (χ3v) is 3.72. The van der Waals surface area contributed by atoms with E-state index in [0.29, 0.717) is 5.92 Å². The molecule has 1 aliphatic rings. The van der Waals surface area contributed by atoms with Gasteiger partial charge in [-0.05, 0) is 30.4 Å². The average molecular weight is 381 g/mol. The van der Waals surface area contributed by atoms with Crippen molar-refractivity contribution in [2.75, 3.05) is 31.4 Å². The Hall–Kier alpha value is -0.420. The number of alkyl halides is 1. The van der Waals surface area contributed by atoms with Gasteiger partial charge in [-0.25, -0.2) is 0 Å². The Balaban J connectivity index is 0.00000162. The van der Waals surface area contributed by atoms with Crippen LogP contribution in [0.1, 0.15) is 24.3 Å². The number of methoxy groups -OCH3 is 2. The van der Waals surface area contributed by atoms with Crippen LogP contribution in [0.2, 0.25) is 0 Å². The van der Waals surface area contributed by atoms with Gasteiger partial charge in [0.15, 0.2) is 11.5 Å². The van der Waals surface area contributed by atoms with E-state index in [1.807, 2.05) is 6.07 Å². The number of anilines is 1. The van der Waals surface area contributed by atoms with Gasteiger partial charge in [-0.3, -0.25) is 0 Å². The fourth-order valence-corrected chi connectivity index (χ4v) is 2.91. The quantitative estimate of drug-likeness (QED) is 0.801. The third-order valence-electron chi connectivity index (χ3n) is 3.26. The van der Waals surface area contributed by atoms with Crippen LogP contribution >= 0.6 is 32.9 Å². The molecule has 1 aromatic carbocycles. The number of halogens is 2. The molecule has 2 rings (SSSR count). The first kappa shape index (κ1) is 15.6. The van der Waals surface area contributed by atoms with Gasteiger partial charge in [0.2, 0.25) is 0 Å². The van der Waals surface area contributed by atoms with E-state index in [1.54, 1.807) is 14.2 Å². The van der Waals surface area contributed by atoms with Crippen LogP contribution in [0.15, 0.2) is 12.1 Å². The number of rotatable bonds is 4. The van der Waals surface area contributed by atoms with Crippen LogP contribution in [0.4, 0.5) is 5.69 Å². The molecule has 5 heteroatoms. The first-order valence-corrected chi connectivity index (χ1v) is 6.98. The largest absolute Gasteiger partial charge is 0.493 e. The summed E-state index contributed by atoms with van der Waals surface area (Å²) in [6.07, 6.45) is 2.33. The zero-order valence-corrected chi connectivity index (χ0v) is 14.0. The molecular formula is C13H19Br2NO2. The molecule has 0 amide bonds. The van der Waals surface area contributed by atoms with Crippen LogP contribution in [0.25, 0.3) is 0 Å². The Morgan fingerprint density at radius 1 is 1.28 bits per heavy atom. The maximum absolute atomic E-state index is 5.36. The van der Waals surface area contributed by atoms with Crippen molar-refractivity contribution in [3.8, 4) is 11.5 Å². The van der Waals surface area contributed by atoms with Crippen LogP contribution in [-0.2, 0) is 0 Å². The van der Waals surface area contributed by atoms with E-state index in [4.69, 9.17) is 9.47 Å². The summed E-state index contributed by atoms with van der Waals surface area (Å²) in [7, 11) is 3.35. The topological polar surface area (TPSA) is 30.5 Å². The highest BCUT2D eigenvalue weighted by Crippen LogP contribution is 2.41. The maximum atomic E-state index is 5.36. The highest BCUT2D eigenvalue weighted by atomic mass is 79.9. The normalized spacial score (nSPS) is 17.2. The molecule has 102 valence electrons. The molecular weight excluding hydrogens is 362 g/mol. The molecule has 18 heavy (non-hydrogen) atoms. The van der Waals surface area contributed by atoms with Crippen molar-refractivity contribution in [1.82, 2.24) is 0 Å². The Morgan fingerprint density at radius 2 is 1.94 bits per heavy atom. The van der Waals surface area contributed by atoms with E-state index in [1.165, 1.54) is 17.7 Å². The van der Waals surface area contributed by atoms with Crippen molar-refractivity contribution in [2.45, 2.75) is 18.8 Å². The summed E-state index contributed by atoms with van der Waals surface area (Å²) in [5.41, 5.74) is 2.52. The summed E-state index contributed by atoms with van der Waals surface area (Å²) in [5.74, 6) is 2.21. The SMILES string of the molecule is Br.COc1cc2c(cc1OC)C(CCBr)CCN2. The van der Waals surface area contributed by atoms with Gasteiger partial charge in [0, 0.05) is 23.6 Å². The molecule has 1 aliphatic heterocycles. The van der Waals surface area contributed by atoms with Crippen LogP contribution in [0.5, 0.6) is 11.5 Å². The predicted octanol–water partition coefficient (Wildman–Crippen LogP) is 3.97. The molecule has 1 atom stereocenters. The van der Waals surface area contributed by atoms with Crippen molar-refractivity contribution in [1.29, 1.82) is 0 Å². The first-order chi connectivity index (χ1) is 8.30. The standard InChI is InChI=1S/C13H18BrNO2.BrH/c1-16-12-7-10-9(3-5-14)4-6-15-11(10)8-13(12)17-2;/h7-9,15H,3-6H2,1-2H3;1H. The minimum absolute atomic E-state index is 0. The molecule has 0 spiro atoms. The van der Waals surface area contributed by atoms with Crippen molar-refractivity contribution in [2.24, 2.45) is 0 Å². The summed E-state index contributed by atoms with van der Waals surface area (Å²) >= 11 is 3.52. The Bertz CT molecular complexity index is 399. The molecule has 1 unspecified atom stereocenters. The second kappa shape index (κ2) is 7.24. The lowest BCUT2D eigenvalue weighted by molar-refractivity contribution is 0.354. The van der Waals surface area contributed by atoms with Crippen LogP contribution in [0.3, 0.4) is 0 Å². The number of nitrogens with one attached hydrogen (secondary N) is 1. The molecule has 3 nitrogen and oxygen atoms in total. The smallest absolute Gasteiger partial charge is 0.162 e. The van der Waals surface area contributed by atoms with E-state index in [9.17, 15) is 0 Å². The minimum atomic E-state index is 0. The summed E-state index contributed by atoms with van der Waals surface area (Å²) in [6.45, 7) is 1.03. The number of fused-ring (bicyclic) bond motifs is 1. The number of benzene rings is 1. The molecule has 0 saturated carbocycles. The summed E-state index contributed by atoms with van der Waals surface area (Å²) in [6, 6.07) is 4.14. The van der Waals surface area contributed by atoms with E-state index >= 15 is 0 Å². The second-order valence-electron chi connectivity index (χ2n) is 4.18. The van der Waals surface area contributed by atoms with E-state index in [-0.39, 0.29) is 17.0 Å². The number of ether oxygens (including phenoxy) is 2. The molecule has 0 saturated heterocycles. The van der Waals surface area contributed by atoms with Gasteiger partial charge in [-0.2, -0.15) is 0 Å². The van der Waals surface area contributed by atoms with Crippen LogP contribution in [0, 0.1) is 0 Å². The summed E-state index contributed by atoms with van der Waals surface area (Å²) < 4.78 is 10.7. The monoisotopic (exact) mass is 379 g/mol. The molecule has 0 fully saturated rings. The van der Waals surface area contributed by atoms with Crippen LogP contribution < -0.4 is 14.8 Å². The second-order valence-corrected chi connectivity index (χ2v) is 4.98. The molecule has 0 radical (unpaired) electrons. The van der Waals surface area contributed by atoms with Gasteiger partial charge in [0.1, 0.15) is 0 Å². The zero-order valence-electron chi connectivity index (χ0n) is 10.7. The number of hydrogen-bond acceptors (Lipinski definition) is 3. The van der Waals surface area contributed by atoms with Gasteiger partial charge in [0.05, 0.1) is 14.2 Å². The average Bonchev–Trinajstić information content (AvgIpc) is 2.38. The fourth-order valence-electron chi connectivity index (χ4n) is 2.35. The molecule has 0 aromatic heterocycles. The lowest BCUT2D eigenvalue weighted by Crippen LogP contribution is -2.17. The van der Waals surface area contributed by atoms with Crippen LogP contribution in [-0.4, -0.2) is 26.1 Å². The highest BCUT2D eigenvalue weighted by Gasteiger charge is 2.22. The summed E-state index contributed by atoms with van der Waals surface area (Å²) in [4.78, 5) is 0. The predicted molar refractivity (Wildman–Crippen MR) is 84.1 cm³/mol. The van der Waals surface area contributed by atoms with Gasteiger partial charge < -0.3 is 14.8 Å². The van der Waals surface area contributed by atoms with E-state index in [2.05, 4.69) is 27.3 Å². The molecule has 0 aliphatic carbocycles. The minimum Gasteiger partial charge on any atom is -0.493 e. The highest BCUT2D eigenvalue weighted by molar-refractivity contribution is 9.09. The third kappa shape index (κ3) is 3.12. The van der Waals surface area contributed by atoms with Crippen molar-refractivity contribution in [3.63, 3.8) is 0 Å². The lowest BCUT2D eigenvalue weighted by atomic mass is 9.88. The van der Waals surface area contributed by atoms with Gasteiger partial charge in [0.25, 0.3) is 0 Å². The molecule has 0 bridgehead atoms.